The molecule has 0 aromatic heterocycles. The largest absolute Gasteiger partial charge is 0.497 e. The molecule has 0 bridgehead atoms. The molecule has 0 aliphatic rings. The average molecular weight is 211 g/mol. The number of diazo groups is 1. The van der Waals surface area contributed by atoms with E-state index in [1.807, 2.05) is 42.5 Å². The Kier molecular flexibility index (Phi) is 2.84. The monoisotopic (exact) mass is 211 g/mol. The predicted octanol–water partition coefficient (Wildman–Crippen LogP) is 3.85. The van der Waals surface area contributed by atoms with Gasteiger partial charge < -0.3 is 4.74 Å². The zero-order valence-electron chi connectivity index (χ0n) is 8.92. The van der Waals surface area contributed by atoms with Crippen LogP contribution in [0.5, 0.6) is 5.75 Å². The van der Waals surface area contributed by atoms with E-state index in [0.29, 0.717) is 5.69 Å². The molecule has 0 spiro atoms. The number of hydrogen-bond acceptors (Lipinski definition) is 2. The van der Waals surface area contributed by atoms with Crippen LogP contribution in [0.15, 0.2) is 48.5 Å². The Labute approximate surface area is 93.9 Å². The number of benzene rings is 2. The van der Waals surface area contributed by atoms with Crippen molar-refractivity contribution in [3.63, 3.8) is 0 Å². The van der Waals surface area contributed by atoms with Gasteiger partial charge in [-0.15, -0.1) is 0 Å². The van der Waals surface area contributed by atoms with Crippen molar-refractivity contribution in [3.05, 3.63) is 53.5 Å². The first-order valence-electron chi connectivity index (χ1n) is 4.93. The smallest absolute Gasteiger partial charge is 0.392 e. The minimum Gasteiger partial charge on any atom is -0.497 e. The van der Waals surface area contributed by atoms with Crippen molar-refractivity contribution in [2.75, 3.05) is 7.11 Å². The van der Waals surface area contributed by atoms with Gasteiger partial charge in [-0.05, 0) is 23.8 Å². The summed E-state index contributed by atoms with van der Waals surface area (Å²) in [4.78, 5) is 3.26. The number of hydrogen-bond donors (Lipinski definition) is 0. The SMILES string of the molecule is COc1cccc(-c2ccccc2[N+]#N)c1. The zero-order valence-corrected chi connectivity index (χ0v) is 8.92. The van der Waals surface area contributed by atoms with Gasteiger partial charge in [0.2, 0.25) is 5.39 Å². The highest BCUT2D eigenvalue weighted by Crippen LogP contribution is 2.31. The van der Waals surface area contributed by atoms with Crippen LogP contribution in [0.1, 0.15) is 0 Å². The van der Waals surface area contributed by atoms with Gasteiger partial charge in [0.15, 0.2) is 4.98 Å². The molecular weight excluding hydrogens is 200 g/mol. The van der Waals surface area contributed by atoms with Crippen molar-refractivity contribution < 1.29 is 4.74 Å². The molecule has 16 heavy (non-hydrogen) atoms. The molecule has 3 heteroatoms. The number of methoxy groups -OCH3 is 1. The molecule has 0 heterocycles. The lowest BCUT2D eigenvalue weighted by molar-refractivity contribution is 0.415. The quantitative estimate of drug-likeness (QED) is 0.707. The Morgan fingerprint density at radius 3 is 2.62 bits per heavy atom. The van der Waals surface area contributed by atoms with Gasteiger partial charge >= 0.3 is 5.69 Å². The van der Waals surface area contributed by atoms with Gasteiger partial charge in [0, 0.05) is 6.07 Å². The third-order valence-corrected chi connectivity index (χ3v) is 2.39. The van der Waals surface area contributed by atoms with Crippen LogP contribution in [0.2, 0.25) is 0 Å². The molecule has 2 rings (SSSR count). The third-order valence-electron chi connectivity index (χ3n) is 2.39. The maximum absolute atomic E-state index is 8.90. The van der Waals surface area contributed by atoms with Gasteiger partial charge in [0.25, 0.3) is 0 Å². The summed E-state index contributed by atoms with van der Waals surface area (Å²) in [6.45, 7) is 0. The summed E-state index contributed by atoms with van der Waals surface area (Å²) < 4.78 is 5.16. The van der Waals surface area contributed by atoms with Crippen molar-refractivity contribution in [3.8, 4) is 16.9 Å². The number of rotatable bonds is 2. The maximum atomic E-state index is 8.90. The zero-order chi connectivity index (χ0) is 11.4. The Morgan fingerprint density at radius 2 is 1.88 bits per heavy atom. The van der Waals surface area contributed by atoms with Gasteiger partial charge in [-0.3, -0.25) is 0 Å². The van der Waals surface area contributed by atoms with Crippen molar-refractivity contribution in [2.45, 2.75) is 0 Å². The second-order valence-corrected chi connectivity index (χ2v) is 3.35. The lowest BCUT2D eigenvalue weighted by atomic mass is 10.0. The van der Waals surface area contributed by atoms with Crippen LogP contribution in [-0.2, 0) is 0 Å². The van der Waals surface area contributed by atoms with E-state index in [9.17, 15) is 0 Å². The van der Waals surface area contributed by atoms with Crippen LogP contribution >= 0.6 is 0 Å². The highest BCUT2D eigenvalue weighted by molar-refractivity contribution is 5.78. The Morgan fingerprint density at radius 1 is 1.06 bits per heavy atom. The van der Waals surface area contributed by atoms with Crippen LogP contribution in [0.3, 0.4) is 0 Å². The first kappa shape index (κ1) is 10.2. The van der Waals surface area contributed by atoms with Gasteiger partial charge in [-0.2, -0.15) is 0 Å². The van der Waals surface area contributed by atoms with Crippen molar-refractivity contribution >= 4 is 5.69 Å². The Balaban J connectivity index is 2.55. The van der Waals surface area contributed by atoms with Crippen molar-refractivity contribution in [1.82, 2.24) is 0 Å². The van der Waals surface area contributed by atoms with E-state index in [-0.39, 0.29) is 0 Å². The van der Waals surface area contributed by atoms with E-state index in [1.165, 1.54) is 0 Å². The van der Waals surface area contributed by atoms with Crippen LogP contribution in [-0.4, -0.2) is 7.11 Å². The second kappa shape index (κ2) is 4.45. The molecule has 0 radical (unpaired) electrons. The number of nitrogens with zero attached hydrogens (tertiary/aromatic N) is 2. The van der Waals surface area contributed by atoms with E-state index in [2.05, 4.69) is 4.98 Å². The molecule has 2 aromatic carbocycles. The summed E-state index contributed by atoms with van der Waals surface area (Å²) in [5.74, 6) is 0.783. The molecule has 78 valence electrons. The van der Waals surface area contributed by atoms with E-state index < -0.39 is 0 Å². The fourth-order valence-electron chi connectivity index (χ4n) is 1.60. The molecule has 0 amide bonds. The molecule has 0 saturated heterocycles. The van der Waals surface area contributed by atoms with Crippen LogP contribution in [0.4, 0.5) is 5.69 Å². The number of ether oxygens (including phenoxy) is 1. The average Bonchev–Trinajstić information content (AvgIpc) is 2.38. The van der Waals surface area contributed by atoms with E-state index in [1.54, 1.807) is 13.2 Å². The van der Waals surface area contributed by atoms with Gasteiger partial charge in [-0.25, -0.2) is 0 Å². The van der Waals surface area contributed by atoms with Crippen LogP contribution in [0, 0.1) is 5.39 Å². The third kappa shape index (κ3) is 1.86. The molecular formula is C13H11N2O+. The molecule has 0 fully saturated rings. The maximum Gasteiger partial charge on any atom is 0.392 e. The van der Waals surface area contributed by atoms with E-state index >= 15 is 0 Å². The topological polar surface area (TPSA) is 37.4 Å². The molecule has 0 unspecified atom stereocenters. The minimum absolute atomic E-state index is 0.552. The predicted molar refractivity (Wildman–Crippen MR) is 63.2 cm³/mol. The minimum atomic E-state index is 0.552. The highest BCUT2D eigenvalue weighted by atomic mass is 16.5. The van der Waals surface area contributed by atoms with Gasteiger partial charge in [0.1, 0.15) is 5.75 Å². The standard InChI is InChI=1S/C13H11N2O/c1-16-11-6-4-5-10(9-11)12-7-2-3-8-13(12)15-14/h2-9H,1H3/q+1. The molecule has 0 saturated carbocycles. The van der Waals surface area contributed by atoms with E-state index in [4.69, 9.17) is 10.1 Å². The van der Waals surface area contributed by atoms with Crippen molar-refractivity contribution in [1.29, 1.82) is 5.39 Å². The van der Waals surface area contributed by atoms with Gasteiger partial charge in [0.05, 0.1) is 12.7 Å². The van der Waals surface area contributed by atoms with Crippen LogP contribution < -0.4 is 4.74 Å². The fraction of sp³-hybridized carbons (Fsp3) is 0.0769. The summed E-state index contributed by atoms with van der Waals surface area (Å²) in [7, 11) is 1.63. The van der Waals surface area contributed by atoms with Crippen molar-refractivity contribution in [2.24, 2.45) is 0 Å². The van der Waals surface area contributed by atoms with Crippen LogP contribution in [0.25, 0.3) is 16.1 Å². The first-order valence-corrected chi connectivity index (χ1v) is 4.93. The van der Waals surface area contributed by atoms with Gasteiger partial charge in [-0.1, -0.05) is 24.3 Å². The van der Waals surface area contributed by atoms with E-state index in [0.717, 1.165) is 16.9 Å². The fourth-order valence-corrected chi connectivity index (χ4v) is 1.60. The first-order chi connectivity index (χ1) is 7.85. The Bertz CT molecular complexity index is 544. The molecule has 0 atom stereocenters. The molecule has 0 aliphatic carbocycles. The highest BCUT2D eigenvalue weighted by Gasteiger charge is 2.13. The lowest BCUT2D eigenvalue weighted by Crippen LogP contribution is -1.83. The molecule has 2 aromatic rings. The summed E-state index contributed by atoms with van der Waals surface area (Å²) in [5.41, 5.74) is 2.40. The normalized spacial score (nSPS) is 9.50. The molecule has 0 N–H and O–H groups in total. The second-order valence-electron chi connectivity index (χ2n) is 3.35. The summed E-state index contributed by atoms with van der Waals surface area (Å²) in [6, 6.07) is 15.0. The molecule has 3 nitrogen and oxygen atoms in total. The Hall–Kier alpha value is -2.34. The molecule has 0 aliphatic heterocycles. The lowest BCUT2D eigenvalue weighted by Gasteiger charge is -2.02. The summed E-state index contributed by atoms with van der Waals surface area (Å²) in [6.07, 6.45) is 0. The summed E-state index contributed by atoms with van der Waals surface area (Å²) >= 11 is 0. The summed E-state index contributed by atoms with van der Waals surface area (Å²) in [5, 5.41) is 8.90.